The van der Waals surface area contributed by atoms with Crippen LogP contribution in [0.1, 0.15) is 11.1 Å². The van der Waals surface area contributed by atoms with Gasteiger partial charge in [-0.3, -0.25) is 0 Å². The quantitative estimate of drug-likeness (QED) is 0.265. The molecule has 0 unspecified atom stereocenters. The lowest BCUT2D eigenvalue weighted by molar-refractivity contribution is -0.137. The summed E-state index contributed by atoms with van der Waals surface area (Å²) in [7, 11) is 0. The van der Waals surface area contributed by atoms with Gasteiger partial charge in [0.05, 0.1) is 18.7 Å². The number of aliphatic imine (C=N–C) groups is 1. The molecule has 0 amide bonds. The first-order valence-electron chi connectivity index (χ1n) is 5.74. The Bertz CT molecular complexity index is 557. The minimum atomic E-state index is -4.36. The van der Waals surface area contributed by atoms with Crippen LogP contribution in [0.4, 0.5) is 13.2 Å². The zero-order valence-corrected chi connectivity index (χ0v) is 13.4. The topological polar surface area (TPSA) is 50.4 Å². The summed E-state index contributed by atoms with van der Waals surface area (Å²) in [6, 6.07) is 4.84. The average Bonchev–Trinajstić information content (AvgIpc) is 2.41. The van der Waals surface area contributed by atoms with Crippen molar-refractivity contribution in [1.29, 1.82) is 0 Å². The monoisotopic (exact) mass is 409 g/mol. The Morgan fingerprint density at radius 1 is 1.43 bits per heavy atom. The Balaban J connectivity index is 0.00000400. The third-order valence-corrected chi connectivity index (χ3v) is 2.17. The highest BCUT2D eigenvalue weighted by Crippen LogP contribution is 2.29. The first-order chi connectivity index (χ1) is 9.43. The number of hydrogen-bond acceptors (Lipinski definition) is 1. The van der Waals surface area contributed by atoms with Gasteiger partial charge in [-0.15, -0.1) is 30.6 Å². The van der Waals surface area contributed by atoms with Crippen LogP contribution in [0.3, 0.4) is 0 Å². The maximum atomic E-state index is 12.5. The minimum absolute atomic E-state index is 0. The van der Waals surface area contributed by atoms with E-state index in [4.69, 9.17) is 5.73 Å². The molecule has 114 valence electrons. The Morgan fingerprint density at radius 3 is 2.76 bits per heavy atom. The summed E-state index contributed by atoms with van der Waals surface area (Å²) < 4.78 is 37.4. The molecule has 0 aliphatic heterocycles. The van der Waals surface area contributed by atoms with Crippen LogP contribution in [0, 0.1) is 11.8 Å². The largest absolute Gasteiger partial charge is 0.416 e. The van der Waals surface area contributed by atoms with Crippen LogP contribution in [-0.4, -0.2) is 19.0 Å². The molecule has 0 spiro atoms. The zero-order chi connectivity index (χ0) is 15.0. The lowest BCUT2D eigenvalue weighted by Gasteiger charge is -2.05. The summed E-state index contributed by atoms with van der Waals surface area (Å²) in [4.78, 5) is 3.88. The van der Waals surface area contributed by atoms with Crippen LogP contribution in [0.2, 0.25) is 0 Å². The van der Waals surface area contributed by atoms with Gasteiger partial charge in [-0.25, -0.2) is 4.99 Å². The standard InChI is InChI=1S/C14H14F3N3.HI/c1-2-8-19-13(18)20-9-4-6-11-5-3-7-12(10-11)14(15,16)17;/h2-3,5,7,10H,1,8-9H2,(H3,18,19,20);1H. The van der Waals surface area contributed by atoms with Gasteiger partial charge in [0.2, 0.25) is 0 Å². The lowest BCUT2D eigenvalue weighted by atomic mass is 10.1. The number of alkyl halides is 3. The van der Waals surface area contributed by atoms with E-state index in [2.05, 4.69) is 28.7 Å². The van der Waals surface area contributed by atoms with Crippen LogP contribution in [0.25, 0.3) is 0 Å². The van der Waals surface area contributed by atoms with Gasteiger partial charge in [-0.2, -0.15) is 13.2 Å². The highest BCUT2D eigenvalue weighted by Gasteiger charge is 2.30. The van der Waals surface area contributed by atoms with Gasteiger partial charge in [0.15, 0.2) is 5.96 Å². The second-order valence-corrected chi connectivity index (χ2v) is 3.75. The van der Waals surface area contributed by atoms with Gasteiger partial charge in [-0.05, 0) is 18.2 Å². The fourth-order valence-corrected chi connectivity index (χ4v) is 1.27. The van der Waals surface area contributed by atoms with Gasteiger partial charge in [0, 0.05) is 5.56 Å². The Kier molecular flexibility index (Phi) is 8.54. The lowest BCUT2D eigenvalue weighted by Crippen LogP contribution is -2.31. The summed E-state index contributed by atoms with van der Waals surface area (Å²) in [5.74, 6) is 5.51. The normalized spacial score (nSPS) is 10.9. The molecule has 3 nitrogen and oxygen atoms in total. The summed E-state index contributed by atoms with van der Waals surface area (Å²) in [6.45, 7) is 4.07. The first kappa shape index (κ1) is 19.3. The summed E-state index contributed by atoms with van der Waals surface area (Å²) >= 11 is 0. The van der Waals surface area contributed by atoms with Gasteiger partial charge in [0.25, 0.3) is 0 Å². The van der Waals surface area contributed by atoms with E-state index in [0.717, 1.165) is 12.1 Å². The van der Waals surface area contributed by atoms with E-state index in [1.54, 1.807) is 6.08 Å². The molecule has 0 aromatic heterocycles. The van der Waals surface area contributed by atoms with Crippen molar-refractivity contribution in [3.63, 3.8) is 0 Å². The summed E-state index contributed by atoms with van der Waals surface area (Å²) in [5.41, 5.74) is 5.07. The number of benzene rings is 1. The molecular formula is C14H15F3IN3. The maximum absolute atomic E-state index is 12.5. The van der Waals surface area contributed by atoms with Crippen molar-refractivity contribution >= 4 is 29.9 Å². The van der Waals surface area contributed by atoms with Crippen LogP contribution < -0.4 is 11.1 Å². The van der Waals surface area contributed by atoms with Crippen molar-refractivity contribution in [2.24, 2.45) is 10.7 Å². The van der Waals surface area contributed by atoms with E-state index in [1.165, 1.54) is 12.1 Å². The molecule has 0 saturated heterocycles. The van der Waals surface area contributed by atoms with Crippen LogP contribution in [0.15, 0.2) is 41.9 Å². The minimum Gasteiger partial charge on any atom is -0.370 e. The maximum Gasteiger partial charge on any atom is 0.416 e. The predicted molar refractivity (Wildman–Crippen MR) is 88.4 cm³/mol. The van der Waals surface area contributed by atoms with Crippen molar-refractivity contribution in [1.82, 2.24) is 5.32 Å². The number of guanidine groups is 1. The smallest absolute Gasteiger partial charge is 0.370 e. The number of hydrogen-bond donors (Lipinski definition) is 2. The van der Waals surface area contributed by atoms with E-state index in [1.807, 2.05) is 0 Å². The summed E-state index contributed by atoms with van der Waals surface area (Å²) in [5, 5.41) is 2.72. The average molecular weight is 409 g/mol. The third-order valence-electron chi connectivity index (χ3n) is 2.17. The van der Waals surface area contributed by atoms with E-state index in [9.17, 15) is 13.2 Å². The zero-order valence-electron chi connectivity index (χ0n) is 11.1. The molecular weight excluding hydrogens is 394 g/mol. The van der Waals surface area contributed by atoms with Gasteiger partial charge >= 0.3 is 6.18 Å². The molecule has 0 aliphatic rings. The Labute approximate surface area is 138 Å². The van der Waals surface area contributed by atoms with E-state index >= 15 is 0 Å². The number of nitrogens with one attached hydrogen (secondary N) is 1. The van der Waals surface area contributed by atoms with Crippen molar-refractivity contribution in [3.8, 4) is 11.8 Å². The second-order valence-electron chi connectivity index (χ2n) is 3.75. The van der Waals surface area contributed by atoms with Crippen molar-refractivity contribution in [2.45, 2.75) is 6.18 Å². The highest BCUT2D eigenvalue weighted by atomic mass is 127. The summed E-state index contributed by atoms with van der Waals surface area (Å²) in [6.07, 6.45) is -2.78. The Morgan fingerprint density at radius 2 is 2.14 bits per heavy atom. The number of nitrogens with zero attached hydrogens (tertiary/aromatic N) is 1. The first-order valence-corrected chi connectivity index (χ1v) is 5.74. The molecule has 0 atom stereocenters. The number of halogens is 4. The molecule has 1 rings (SSSR count). The van der Waals surface area contributed by atoms with Crippen molar-refractivity contribution < 1.29 is 13.2 Å². The SMILES string of the molecule is C=CCN=C(N)NCC#Cc1cccc(C(F)(F)F)c1.I. The van der Waals surface area contributed by atoms with E-state index in [0.29, 0.717) is 12.1 Å². The molecule has 21 heavy (non-hydrogen) atoms. The molecule has 0 bridgehead atoms. The molecule has 1 aromatic rings. The number of rotatable bonds is 3. The van der Waals surface area contributed by atoms with Crippen molar-refractivity contribution in [2.75, 3.05) is 13.1 Å². The molecule has 1 aromatic carbocycles. The fraction of sp³-hybridized carbons (Fsp3) is 0.214. The fourth-order valence-electron chi connectivity index (χ4n) is 1.27. The molecule has 0 aliphatic carbocycles. The van der Waals surface area contributed by atoms with Gasteiger partial charge in [-0.1, -0.05) is 24.0 Å². The van der Waals surface area contributed by atoms with Crippen LogP contribution in [-0.2, 0) is 6.18 Å². The van der Waals surface area contributed by atoms with Crippen LogP contribution >= 0.6 is 24.0 Å². The highest BCUT2D eigenvalue weighted by molar-refractivity contribution is 14.0. The van der Waals surface area contributed by atoms with Gasteiger partial charge in [0.1, 0.15) is 0 Å². The number of nitrogens with two attached hydrogens (primary N) is 1. The second kappa shape index (κ2) is 9.28. The van der Waals surface area contributed by atoms with Gasteiger partial charge < -0.3 is 11.1 Å². The van der Waals surface area contributed by atoms with E-state index < -0.39 is 11.7 Å². The van der Waals surface area contributed by atoms with E-state index in [-0.39, 0.29) is 36.5 Å². The third kappa shape index (κ3) is 7.60. The molecule has 3 N–H and O–H groups in total. The molecule has 0 radical (unpaired) electrons. The Hall–Kier alpha value is -1.69. The molecule has 0 saturated carbocycles. The van der Waals surface area contributed by atoms with Crippen molar-refractivity contribution in [3.05, 3.63) is 48.0 Å². The molecule has 7 heteroatoms. The van der Waals surface area contributed by atoms with Crippen LogP contribution in [0.5, 0.6) is 0 Å². The molecule has 0 fully saturated rings. The predicted octanol–water partition coefficient (Wildman–Crippen LogP) is 2.77. The molecule has 0 heterocycles.